The third-order valence-corrected chi connectivity index (χ3v) is 3.21. The standard InChI is InChI=1S/C13H16BrN3O2/c1-4-18-13(2,3)12-16-11(19-17-12)9-7-8(14)5-6-10(9)15/h5-7H,4,15H2,1-3H3. The van der Waals surface area contributed by atoms with Gasteiger partial charge in [-0.1, -0.05) is 21.1 Å². The molecule has 0 spiro atoms. The van der Waals surface area contributed by atoms with Gasteiger partial charge in [-0.15, -0.1) is 0 Å². The highest BCUT2D eigenvalue weighted by atomic mass is 79.9. The van der Waals surface area contributed by atoms with E-state index in [-0.39, 0.29) is 0 Å². The number of nitrogens with two attached hydrogens (primary N) is 1. The summed E-state index contributed by atoms with van der Waals surface area (Å²) in [6.07, 6.45) is 0. The second kappa shape index (κ2) is 5.30. The van der Waals surface area contributed by atoms with E-state index in [1.54, 1.807) is 6.07 Å². The van der Waals surface area contributed by atoms with E-state index >= 15 is 0 Å². The molecule has 19 heavy (non-hydrogen) atoms. The van der Waals surface area contributed by atoms with Crippen LogP contribution in [-0.2, 0) is 10.3 Å². The molecule has 0 atom stereocenters. The normalized spacial score (nSPS) is 11.8. The first kappa shape index (κ1) is 14.0. The summed E-state index contributed by atoms with van der Waals surface area (Å²) in [5.41, 5.74) is 6.63. The Morgan fingerprint density at radius 3 is 2.84 bits per heavy atom. The van der Waals surface area contributed by atoms with Crippen LogP contribution in [0.4, 0.5) is 5.69 Å². The number of nitrogen functional groups attached to an aromatic ring is 1. The number of benzene rings is 1. The van der Waals surface area contributed by atoms with Crippen LogP contribution in [0.1, 0.15) is 26.6 Å². The molecule has 0 aliphatic rings. The SMILES string of the molecule is CCOC(C)(C)c1noc(-c2cc(Br)ccc2N)n1. The maximum atomic E-state index is 5.92. The minimum atomic E-state index is -0.586. The second-order valence-corrected chi connectivity index (χ2v) is 5.51. The van der Waals surface area contributed by atoms with Crippen LogP contribution < -0.4 is 5.73 Å². The van der Waals surface area contributed by atoms with Gasteiger partial charge < -0.3 is 15.0 Å². The number of anilines is 1. The van der Waals surface area contributed by atoms with Crippen LogP contribution in [0.5, 0.6) is 0 Å². The van der Waals surface area contributed by atoms with Crippen molar-refractivity contribution in [3.8, 4) is 11.5 Å². The van der Waals surface area contributed by atoms with Gasteiger partial charge in [0.05, 0.1) is 5.56 Å². The van der Waals surface area contributed by atoms with Crippen molar-refractivity contribution in [2.24, 2.45) is 0 Å². The lowest BCUT2D eigenvalue weighted by molar-refractivity contribution is -0.0221. The number of rotatable bonds is 4. The minimum Gasteiger partial charge on any atom is -0.398 e. The summed E-state index contributed by atoms with van der Waals surface area (Å²) >= 11 is 3.39. The van der Waals surface area contributed by atoms with Crippen molar-refractivity contribution in [1.82, 2.24) is 10.1 Å². The highest BCUT2D eigenvalue weighted by Crippen LogP contribution is 2.30. The predicted molar refractivity (Wildman–Crippen MR) is 76.5 cm³/mol. The van der Waals surface area contributed by atoms with E-state index in [0.717, 1.165) is 4.47 Å². The summed E-state index contributed by atoms with van der Waals surface area (Å²) in [5, 5.41) is 3.97. The first-order chi connectivity index (χ1) is 8.94. The Kier molecular flexibility index (Phi) is 3.91. The summed E-state index contributed by atoms with van der Waals surface area (Å²) in [6.45, 7) is 6.30. The molecule has 5 nitrogen and oxygen atoms in total. The Hall–Kier alpha value is -1.40. The Bertz CT molecular complexity index is 581. The van der Waals surface area contributed by atoms with Gasteiger partial charge >= 0.3 is 0 Å². The third-order valence-electron chi connectivity index (χ3n) is 2.72. The largest absolute Gasteiger partial charge is 0.398 e. The number of hydrogen-bond donors (Lipinski definition) is 1. The molecule has 2 rings (SSSR count). The molecule has 0 radical (unpaired) electrons. The number of ether oxygens (including phenoxy) is 1. The molecule has 0 fully saturated rings. The lowest BCUT2D eigenvalue weighted by atomic mass is 10.1. The van der Waals surface area contributed by atoms with Gasteiger partial charge in [0, 0.05) is 16.8 Å². The van der Waals surface area contributed by atoms with E-state index in [1.807, 2.05) is 32.9 Å². The number of hydrogen-bond acceptors (Lipinski definition) is 5. The van der Waals surface area contributed by atoms with E-state index in [0.29, 0.717) is 29.6 Å². The molecular weight excluding hydrogens is 310 g/mol. The predicted octanol–water partition coefficient (Wildman–Crippen LogP) is 3.35. The second-order valence-electron chi connectivity index (χ2n) is 4.60. The topological polar surface area (TPSA) is 74.2 Å². The molecule has 0 aliphatic carbocycles. The monoisotopic (exact) mass is 325 g/mol. The van der Waals surface area contributed by atoms with E-state index < -0.39 is 5.60 Å². The van der Waals surface area contributed by atoms with Gasteiger partial charge in [-0.05, 0) is 39.0 Å². The fourth-order valence-electron chi connectivity index (χ4n) is 1.72. The van der Waals surface area contributed by atoms with Crippen molar-refractivity contribution in [2.45, 2.75) is 26.4 Å². The van der Waals surface area contributed by atoms with Crippen LogP contribution >= 0.6 is 15.9 Å². The zero-order valence-electron chi connectivity index (χ0n) is 11.1. The average molecular weight is 326 g/mol. The van der Waals surface area contributed by atoms with Gasteiger partial charge in [-0.2, -0.15) is 4.98 Å². The van der Waals surface area contributed by atoms with E-state index in [1.165, 1.54) is 0 Å². The first-order valence-electron chi connectivity index (χ1n) is 5.97. The van der Waals surface area contributed by atoms with Gasteiger partial charge in [0.25, 0.3) is 5.89 Å². The fourth-order valence-corrected chi connectivity index (χ4v) is 2.08. The smallest absolute Gasteiger partial charge is 0.260 e. The van der Waals surface area contributed by atoms with Gasteiger partial charge in [-0.3, -0.25) is 0 Å². The van der Waals surface area contributed by atoms with Crippen molar-refractivity contribution in [3.05, 3.63) is 28.5 Å². The lowest BCUT2D eigenvalue weighted by Crippen LogP contribution is -2.23. The van der Waals surface area contributed by atoms with Crippen molar-refractivity contribution in [2.75, 3.05) is 12.3 Å². The quantitative estimate of drug-likeness (QED) is 0.872. The molecule has 6 heteroatoms. The molecule has 0 aliphatic heterocycles. The zero-order chi connectivity index (χ0) is 14.0. The maximum absolute atomic E-state index is 5.92. The van der Waals surface area contributed by atoms with Gasteiger partial charge in [0.2, 0.25) is 5.82 Å². The van der Waals surface area contributed by atoms with Crippen molar-refractivity contribution >= 4 is 21.6 Å². The van der Waals surface area contributed by atoms with Gasteiger partial charge in [0.15, 0.2) is 0 Å². The maximum Gasteiger partial charge on any atom is 0.260 e. The highest BCUT2D eigenvalue weighted by Gasteiger charge is 2.27. The summed E-state index contributed by atoms with van der Waals surface area (Å²) in [5.74, 6) is 0.894. The summed E-state index contributed by atoms with van der Waals surface area (Å²) in [7, 11) is 0. The molecular formula is C13H16BrN3O2. The van der Waals surface area contributed by atoms with Crippen molar-refractivity contribution < 1.29 is 9.26 Å². The molecule has 1 aromatic carbocycles. The van der Waals surface area contributed by atoms with Crippen molar-refractivity contribution in [1.29, 1.82) is 0 Å². The Balaban J connectivity index is 2.38. The number of nitrogens with zero attached hydrogens (tertiary/aromatic N) is 2. The van der Waals surface area contributed by atoms with Crippen LogP contribution in [0.15, 0.2) is 27.2 Å². The molecule has 2 aromatic rings. The van der Waals surface area contributed by atoms with E-state index in [4.69, 9.17) is 15.0 Å². The van der Waals surface area contributed by atoms with Crippen LogP contribution in [0.3, 0.4) is 0 Å². The summed E-state index contributed by atoms with van der Waals surface area (Å²) < 4.78 is 11.8. The summed E-state index contributed by atoms with van der Waals surface area (Å²) in [6, 6.07) is 5.50. The summed E-state index contributed by atoms with van der Waals surface area (Å²) in [4.78, 5) is 4.37. The molecule has 0 saturated carbocycles. The molecule has 1 heterocycles. The third kappa shape index (κ3) is 2.96. The van der Waals surface area contributed by atoms with E-state index in [9.17, 15) is 0 Å². The molecule has 2 N–H and O–H groups in total. The molecule has 102 valence electrons. The van der Waals surface area contributed by atoms with E-state index in [2.05, 4.69) is 26.1 Å². The lowest BCUT2D eigenvalue weighted by Gasteiger charge is -2.19. The highest BCUT2D eigenvalue weighted by molar-refractivity contribution is 9.10. The van der Waals surface area contributed by atoms with Crippen LogP contribution in [0.2, 0.25) is 0 Å². The zero-order valence-corrected chi connectivity index (χ0v) is 12.7. The Labute approximate surface area is 120 Å². The Morgan fingerprint density at radius 1 is 1.42 bits per heavy atom. The molecule has 1 aromatic heterocycles. The molecule has 0 amide bonds. The van der Waals surface area contributed by atoms with Gasteiger partial charge in [-0.25, -0.2) is 0 Å². The minimum absolute atomic E-state index is 0.390. The van der Waals surface area contributed by atoms with Crippen LogP contribution in [-0.4, -0.2) is 16.7 Å². The Morgan fingerprint density at radius 2 is 2.16 bits per heavy atom. The average Bonchev–Trinajstić information content (AvgIpc) is 2.82. The number of aromatic nitrogens is 2. The fraction of sp³-hybridized carbons (Fsp3) is 0.385. The van der Waals surface area contributed by atoms with Crippen molar-refractivity contribution in [3.63, 3.8) is 0 Å². The first-order valence-corrected chi connectivity index (χ1v) is 6.77. The van der Waals surface area contributed by atoms with Crippen LogP contribution in [0.25, 0.3) is 11.5 Å². The van der Waals surface area contributed by atoms with Crippen LogP contribution in [0, 0.1) is 0 Å². The molecule has 0 saturated heterocycles. The number of halogens is 1. The molecule has 0 bridgehead atoms. The van der Waals surface area contributed by atoms with Gasteiger partial charge in [0.1, 0.15) is 5.60 Å². The molecule has 0 unspecified atom stereocenters.